The summed E-state index contributed by atoms with van der Waals surface area (Å²) in [4.78, 5) is 30.5. The number of carbonyl (C=O) groups excluding carboxylic acids is 1. The number of rotatable bonds is 7. The van der Waals surface area contributed by atoms with E-state index in [0.29, 0.717) is 5.69 Å². The lowest BCUT2D eigenvalue weighted by molar-refractivity contribution is -0.129. The Balaban J connectivity index is 1.25. The number of allylic oxidation sites excluding steroid dienone is 2. The van der Waals surface area contributed by atoms with Crippen LogP contribution in [0.25, 0.3) is 27.6 Å². The van der Waals surface area contributed by atoms with Crippen LogP contribution >= 0.6 is 0 Å². The normalized spacial score (nSPS) is 13.3. The van der Waals surface area contributed by atoms with E-state index < -0.39 is 17.6 Å². The van der Waals surface area contributed by atoms with Gasteiger partial charge in [-0.3, -0.25) is 15.2 Å². The van der Waals surface area contributed by atoms with E-state index in [9.17, 15) is 14.7 Å². The second kappa shape index (κ2) is 11.5. The molecule has 0 fully saturated rings. The third kappa shape index (κ3) is 5.53. The van der Waals surface area contributed by atoms with E-state index in [1.54, 1.807) is 18.2 Å². The van der Waals surface area contributed by atoms with Gasteiger partial charge in [-0.15, -0.1) is 0 Å². The first-order valence-electron chi connectivity index (χ1n) is 13.7. The summed E-state index contributed by atoms with van der Waals surface area (Å²) in [6.07, 6.45) is 9.78. The molecule has 1 aliphatic rings. The lowest BCUT2D eigenvalue weighted by Crippen LogP contribution is -2.25. The molecule has 0 bridgehead atoms. The number of aryl methyl sites for hydroxylation is 1. The van der Waals surface area contributed by atoms with E-state index in [1.807, 2.05) is 12.1 Å². The van der Waals surface area contributed by atoms with Crippen molar-refractivity contribution in [1.82, 2.24) is 4.98 Å². The summed E-state index contributed by atoms with van der Waals surface area (Å²) in [6, 6.07) is 28.9. The minimum absolute atomic E-state index is 0.246. The topological polar surface area (TPSA) is 106 Å². The Labute approximate surface area is 243 Å². The van der Waals surface area contributed by atoms with Crippen LogP contribution in [0.5, 0.6) is 0 Å². The quantitative estimate of drug-likeness (QED) is 0.0860. The molecule has 4 aromatic carbocycles. The SMILES string of the molecule is N=C(C(=O)O)/C(=C/C=C/c1ccc2c(c1)CCCN2c1ccc2cc3ccccc3cc2c1)C(=O)Nc1ccncc1. The molecular formula is C35H28N4O3. The third-order valence-corrected chi connectivity index (χ3v) is 7.44. The predicted molar refractivity (Wildman–Crippen MR) is 169 cm³/mol. The standard InChI is InChI=1S/C35H28N4O3/c36-33(35(41)42)31(34(40)38-29-14-16-37-17-15-29)9-3-5-23-10-13-32-27(19-23)8-4-18-39(32)30-12-11-26-20-24-6-1-2-7-25(24)21-28(26)22-30/h1-3,5-7,9-17,19-22,36H,4,8,18H2,(H,41,42)(H,37,38,40)/b5-3+,31-9-,36-33?. The summed E-state index contributed by atoms with van der Waals surface area (Å²) in [6.45, 7) is 0.928. The number of amides is 1. The van der Waals surface area contributed by atoms with Gasteiger partial charge in [0.05, 0.1) is 5.57 Å². The number of anilines is 3. The van der Waals surface area contributed by atoms with Crippen molar-refractivity contribution in [1.29, 1.82) is 5.41 Å². The van der Waals surface area contributed by atoms with Crippen LogP contribution in [0.4, 0.5) is 17.1 Å². The van der Waals surface area contributed by atoms with Crippen LogP contribution in [0.2, 0.25) is 0 Å². The number of benzene rings is 4. The van der Waals surface area contributed by atoms with Gasteiger partial charge in [0.2, 0.25) is 0 Å². The van der Waals surface area contributed by atoms with Gasteiger partial charge in [0.15, 0.2) is 5.71 Å². The van der Waals surface area contributed by atoms with E-state index in [-0.39, 0.29) is 5.57 Å². The van der Waals surface area contributed by atoms with Gasteiger partial charge in [0.1, 0.15) is 0 Å². The maximum absolute atomic E-state index is 12.8. The fraction of sp³-hybridized carbons (Fsp3) is 0.0857. The van der Waals surface area contributed by atoms with E-state index in [4.69, 9.17) is 5.41 Å². The van der Waals surface area contributed by atoms with Crippen molar-refractivity contribution in [3.63, 3.8) is 0 Å². The molecular weight excluding hydrogens is 524 g/mol. The molecule has 6 rings (SSSR count). The van der Waals surface area contributed by atoms with Gasteiger partial charge in [-0.2, -0.15) is 0 Å². The molecule has 0 atom stereocenters. The van der Waals surface area contributed by atoms with Gasteiger partial charge < -0.3 is 15.3 Å². The Morgan fingerprint density at radius 3 is 2.38 bits per heavy atom. The smallest absolute Gasteiger partial charge is 0.354 e. The number of aromatic nitrogens is 1. The van der Waals surface area contributed by atoms with Crippen molar-refractivity contribution in [2.45, 2.75) is 12.8 Å². The molecule has 0 spiro atoms. The molecule has 0 aliphatic carbocycles. The number of aliphatic carboxylic acids is 1. The molecule has 0 saturated heterocycles. The number of carboxylic acids is 1. The Bertz CT molecular complexity index is 1910. The predicted octanol–water partition coefficient (Wildman–Crippen LogP) is 7.15. The fourth-order valence-electron chi connectivity index (χ4n) is 5.36. The minimum atomic E-state index is -1.48. The Hall–Kier alpha value is -5.56. The molecule has 5 aromatic rings. The van der Waals surface area contributed by atoms with Crippen LogP contribution < -0.4 is 10.2 Å². The molecule has 0 saturated carbocycles. The summed E-state index contributed by atoms with van der Waals surface area (Å²) >= 11 is 0. The molecule has 0 unspecified atom stereocenters. The monoisotopic (exact) mass is 552 g/mol. The maximum atomic E-state index is 12.8. The highest BCUT2D eigenvalue weighted by atomic mass is 16.4. The molecule has 3 N–H and O–H groups in total. The minimum Gasteiger partial charge on any atom is -0.477 e. The molecule has 7 heteroatoms. The van der Waals surface area contributed by atoms with E-state index in [1.165, 1.54) is 51.3 Å². The Morgan fingerprint density at radius 2 is 1.62 bits per heavy atom. The van der Waals surface area contributed by atoms with Gasteiger partial charge in [0, 0.05) is 36.0 Å². The highest BCUT2D eigenvalue weighted by Crippen LogP contribution is 2.36. The van der Waals surface area contributed by atoms with E-state index >= 15 is 0 Å². The zero-order valence-electron chi connectivity index (χ0n) is 22.7. The first-order valence-corrected chi connectivity index (χ1v) is 13.7. The van der Waals surface area contributed by atoms with Crippen molar-refractivity contribution >= 4 is 62.3 Å². The molecule has 7 nitrogen and oxygen atoms in total. The first kappa shape index (κ1) is 26.7. The van der Waals surface area contributed by atoms with Gasteiger partial charge >= 0.3 is 5.97 Å². The number of fused-ring (bicyclic) bond motifs is 3. The number of nitrogens with zero attached hydrogens (tertiary/aromatic N) is 2. The van der Waals surface area contributed by atoms with Crippen molar-refractivity contribution in [3.05, 3.63) is 126 Å². The number of pyridine rings is 1. The fourth-order valence-corrected chi connectivity index (χ4v) is 5.36. The number of carboxylic acid groups (broad SMARTS) is 1. The van der Waals surface area contributed by atoms with Crippen LogP contribution in [0.1, 0.15) is 17.5 Å². The maximum Gasteiger partial charge on any atom is 0.354 e. The summed E-state index contributed by atoms with van der Waals surface area (Å²) in [5.41, 5.74) is 3.90. The number of hydrogen-bond acceptors (Lipinski definition) is 5. The third-order valence-electron chi connectivity index (χ3n) is 7.44. The molecule has 1 amide bonds. The zero-order chi connectivity index (χ0) is 29.1. The summed E-state index contributed by atoms with van der Waals surface area (Å²) in [7, 11) is 0. The highest BCUT2D eigenvalue weighted by Gasteiger charge is 2.21. The van der Waals surface area contributed by atoms with Crippen LogP contribution in [0.3, 0.4) is 0 Å². The first-order chi connectivity index (χ1) is 20.5. The number of carbonyl (C=O) groups is 2. The Kier molecular flexibility index (Phi) is 7.30. The molecule has 0 radical (unpaired) electrons. The lowest BCUT2D eigenvalue weighted by Gasteiger charge is -2.32. The number of hydrogen-bond donors (Lipinski definition) is 3. The molecule has 206 valence electrons. The largest absolute Gasteiger partial charge is 0.477 e. The van der Waals surface area contributed by atoms with Crippen molar-refractivity contribution in [2.24, 2.45) is 0 Å². The molecule has 1 aromatic heterocycles. The average Bonchev–Trinajstić information content (AvgIpc) is 3.01. The van der Waals surface area contributed by atoms with Crippen LogP contribution in [0.15, 0.2) is 115 Å². The zero-order valence-corrected chi connectivity index (χ0v) is 22.7. The molecule has 42 heavy (non-hydrogen) atoms. The van der Waals surface area contributed by atoms with E-state index in [2.05, 4.69) is 81.9 Å². The second-order valence-corrected chi connectivity index (χ2v) is 10.2. The Morgan fingerprint density at radius 1 is 0.881 bits per heavy atom. The lowest BCUT2D eigenvalue weighted by atomic mass is 9.97. The van der Waals surface area contributed by atoms with Gasteiger partial charge in [-0.1, -0.05) is 48.6 Å². The van der Waals surface area contributed by atoms with Gasteiger partial charge in [-0.25, -0.2) is 4.79 Å². The van der Waals surface area contributed by atoms with Crippen LogP contribution in [-0.2, 0) is 16.0 Å². The highest BCUT2D eigenvalue weighted by molar-refractivity contribution is 6.48. The summed E-state index contributed by atoms with van der Waals surface area (Å²) in [5.74, 6) is -2.15. The van der Waals surface area contributed by atoms with Gasteiger partial charge in [0.25, 0.3) is 5.91 Å². The van der Waals surface area contributed by atoms with Crippen LogP contribution in [-0.4, -0.2) is 34.2 Å². The summed E-state index contributed by atoms with van der Waals surface area (Å²) in [5, 5.41) is 24.8. The van der Waals surface area contributed by atoms with Crippen LogP contribution in [0, 0.1) is 5.41 Å². The molecule has 1 aliphatic heterocycles. The van der Waals surface area contributed by atoms with Crippen molar-refractivity contribution in [3.8, 4) is 0 Å². The summed E-state index contributed by atoms with van der Waals surface area (Å²) < 4.78 is 0. The van der Waals surface area contributed by atoms with Gasteiger partial charge in [-0.05, 0) is 100 Å². The van der Waals surface area contributed by atoms with E-state index in [0.717, 1.165) is 30.6 Å². The van der Waals surface area contributed by atoms with Crippen molar-refractivity contribution in [2.75, 3.05) is 16.8 Å². The van der Waals surface area contributed by atoms with Crippen molar-refractivity contribution < 1.29 is 14.7 Å². The molecule has 2 heterocycles. The average molecular weight is 553 g/mol. The number of nitrogens with one attached hydrogen (secondary N) is 2. The second-order valence-electron chi connectivity index (χ2n) is 10.2.